The van der Waals surface area contributed by atoms with E-state index >= 15 is 0 Å². The summed E-state index contributed by atoms with van der Waals surface area (Å²) in [6.45, 7) is 6.50. The number of hydrogen-bond acceptors (Lipinski definition) is 5. The third-order valence-corrected chi connectivity index (χ3v) is 3.38. The standard InChI is InChI=1S/C18H23N3O3/c1-5-24-18(22)11-13(2)19-17-10-14(3)20-21(17)12-15-6-8-16(23-4)9-7-15/h6-10H,5,11-12H2,1-4H3. The van der Waals surface area contributed by atoms with Crippen LogP contribution in [0.2, 0.25) is 0 Å². The van der Waals surface area contributed by atoms with Gasteiger partial charge in [0.15, 0.2) is 5.82 Å². The zero-order chi connectivity index (χ0) is 17.5. The van der Waals surface area contributed by atoms with Crippen molar-refractivity contribution in [1.82, 2.24) is 9.78 Å². The number of aryl methyl sites for hydroxylation is 1. The fourth-order valence-electron chi connectivity index (χ4n) is 2.30. The summed E-state index contributed by atoms with van der Waals surface area (Å²) in [4.78, 5) is 16.1. The third-order valence-electron chi connectivity index (χ3n) is 3.38. The highest BCUT2D eigenvalue weighted by atomic mass is 16.5. The van der Waals surface area contributed by atoms with E-state index in [9.17, 15) is 4.79 Å². The van der Waals surface area contributed by atoms with Gasteiger partial charge in [-0.05, 0) is 38.5 Å². The fraction of sp³-hybridized carbons (Fsp3) is 0.389. The van der Waals surface area contributed by atoms with E-state index in [1.165, 1.54) is 0 Å². The lowest BCUT2D eigenvalue weighted by Crippen LogP contribution is -2.09. The second-order valence-corrected chi connectivity index (χ2v) is 5.48. The van der Waals surface area contributed by atoms with E-state index < -0.39 is 0 Å². The quantitative estimate of drug-likeness (QED) is 0.577. The van der Waals surface area contributed by atoms with E-state index in [2.05, 4.69) is 10.1 Å². The Labute approximate surface area is 142 Å². The first-order valence-corrected chi connectivity index (χ1v) is 7.89. The first-order valence-electron chi connectivity index (χ1n) is 7.89. The van der Waals surface area contributed by atoms with E-state index in [1.54, 1.807) is 14.0 Å². The molecule has 0 aliphatic rings. The van der Waals surface area contributed by atoms with Gasteiger partial charge in [-0.15, -0.1) is 0 Å². The van der Waals surface area contributed by atoms with Crippen LogP contribution in [0.5, 0.6) is 5.75 Å². The average molecular weight is 329 g/mol. The molecule has 6 nitrogen and oxygen atoms in total. The average Bonchev–Trinajstić information content (AvgIpc) is 2.87. The van der Waals surface area contributed by atoms with E-state index in [4.69, 9.17) is 9.47 Å². The van der Waals surface area contributed by atoms with Gasteiger partial charge in [0.05, 0.1) is 32.4 Å². The predicted molar refractivity (Wildman–Crippen MR) is 93.1 cm³/mol. The number of carbonyl (C=O) groups excluding carboxylic acids is 1. The molecule has 0 saturated carbocycles. The molecule has 6 heteroatoms. The Morgan fingerprint density at radius 2 is 2.00 bits per heavy atom. The first kappa shape index (κ1) is 17.7. The minimum Gasteiger partial charge on any atom is -0.497 e. The number of methoxy groups -OCH3 is 1. The van der Waals surface area contributed by atoms with Crippen molar-refractivity contribution in [2.45, 2.75) is 33.7 Å². The normalized spacial score (nSPS) is 11.4. The number of carbonyl (C=O) groups is 1. The number of benzene rings is 1. The minimum absolute atomic E-state index is 0.181. The molecule has 1 heterocycles. The summed E-state index contributed by atoms with van der Waals surface area (Å²) in [5.74, 6) is 1.28. The van der Waals surface area contributed by atoms with Crippen LogP contribution in [0.15, 0.2) is 35.3 Å². The topological polar surface area (TPSA) is 65.7 Å². The van der Waals surface area contributed by atoms with Crippen molar-refractivity contribution in [1.29, 1.82) is 0 Å². The molecule has 0 unspecified atom stereocenters. The number of nitrogens with zero attached hydrogens (tertiary/aromatic N) is 3. The summed E-state index contributed by atoms with van der Waals surface area (Å²) in [6.07, 6.45) is 0.181. The molecule has 0 aliphatic heterocycles. The van der Waals surface area contributed by atoms with Crippen LogP contribution < -0.4 is 4.74 Å². The third kappa shape index (κ3) is 4.94. The number of rotatable bonds is 7. The Bertz CT molecular complexity index is 718. The molecule has 1 aromatic carbocycles. The SMILES string of the molecule is CCOC(=O)CC(C)=Nc1cc(C)nn1Cc1ccc(OC)cc1. The summed E-state index contributed by atoms with van der Waals surface area (Å²) in [6, 6.07) is 9.73. The highest BCUT2D eigenvalue weighted by Crippen LogP contribution is 2.18. The Balaban J connectivity index is 2.15. The summed E-state index contributed by atoms with van der Waals surface area (Å²) < 4.78 is 11.9. The molecule has 1 aromatic heterocycles. The van der Waals surface area contributed by atoms with Gasteiger partial charge < -0.3 is 9.47 Å². The monoisotopic (exact) mass is 329 g/mol. The molecule has 128 valence electrons. The van der Waals surface area contributed by atoms with Crippen LogP contribution in [0, 0.1) is 6.92 Å². The Kier molecular flexibility index (Phi) is 6.12. The van der Waals surface area contributed by atoms with Crippen LogP contribution in [-0.2, 0) is 16.1 Å². The molecular weight excluding hydrogens is 306 g/mol. The highest BCUT2D eigenvalue weighted by Gasteiger charge is 2.09. The zero-order valence-corrected chi connectivity index (χ0v) is 14.6. The molecule has 0 radical (unpaired) electrons. The fourth-order valence-corrected chi connectivity index (χ4v) is 2.30. The Morgan fingerprint density at radius 3 is 2.62 bits per heavy atom. The van der Waals surface area contributed by atoms with Crippen molar-refractivity contribution < 1.29 is 14.3 Å². The molecule has 0 amide bonds. The lowest BCUT2D eigenvalue weighted by Gasteiger charge is -2.07. The summed E-state index contributed by atoms with van der Waals surface area (Å²) in [5.41, 5.74) is 2.67. The lowest BCUT2D eigenvalue weighted by atomic mass is 10.2. The van der Waals surface area contributed by atoms with Crippen LogP contribution in [-0.4, -0.2) is 35.2 Å². The summed E-state index contributed by atoms with van der Waals surface area (Å²) in [7, 11) is 1.64. The molecule has 2 aromatic rings. The maximum absolute atomic E-state index is 11.5. The van der Waals surface area contributed by atoms with Gasteiger partial charge in [-0.3, -0.25) is 4.79 Å². The zero-order valence-electron chi connectivity index (χ0n) is 14.6. The first-order chi connectivity index (χ1) is 11.5. The van der Waals surface area contributed by atoms with Crippen molar-refractivity contribution >= 4 is 17.5 Å². The van der Waals surface area contributed by atoms with Gasteiger partial charge in [-0.2, -0.15) is 5.10 Å². The molecule has 0 N–H and O–H groups in total. The second kappa shape index (κ2) is 8.29. The number of ether oxygens (including phenoxy) is 2. The van der Waals surface area contributed by atoms with Gasteiger partial charge in [0, 0.05) is 11.8 Å². The molecule has 0 bridgehead atoms. The van der Waals surface area contributed by atoms with Crippen molar-refractivity contribution in [3.05, 3.63) is 41.6 Å². The van der Waals surface area contributed by atoms with E-state index in [1.807, 2.05) is 48.9 Å². The van der Waals surface area contributed by atoms with Crippen LogP contribution in [0.25, 0.3) is 0 Å². The number of aliphatic imine (C=N–C) groups is 1. The molecule has 0 spiro atoms. The second-order valence-electron chi connectivity index (χ2n) is 5.48. The molecule has 24 heavy (non-hydrogen) atoms. The van der Waals surface area contributed by atoms with Crippen LogP contribution in [0.1, 0.15) is 31.5 Å². The van der Waals surface area contributed by atoms with Gasteiger partial charge >= 0.3 is 5.97 Å². The van der Waals surface area contributed by atoms with Crippen molar-refractivity contribution in [2.24, 2.45) is 4.99 Å². The highest BCUT2D eigenvalue weighted by molar-refractivity contribution is 5.98. The van der Waals surface area contributed by atoms with E-state index in [0.29, 0.717) is 18.9 Å². The van der Waals surface area contributed by atoms with Gasteiger partial charge in [-0.1, -0.05) is 12.1 Å². The maximum atomic E-state index is 11.5. The van der Waals surface area contributed by atoms with Crippen LogP contribution in [0.3, 0.4) is 0 Å². The molecule has 0 fully saturated rings. The van der Waals surface area contributed by atoms with Crippen molar-refractivity contribution in [2.75, 3.05) is 13.7 Å². The molecule has 0 atom stereocenters. The number of esters is 1. The Morgan fingerprint density at radius 1 is 1.29 bits per heavy atom. The lowest BCUT2D eigenvalue weighted by molar-refractivity contribution is -0.141. The van der Waals surface area contributed by atoms with Crippen molar-refractivity contribution in [3.8, 4) is 5.75 Å². The van der Waals surface area contributed by atoms with E-state index in [0.717, 1.165) is 22.8 Å². The van der Waals surface area contributed by atoms with Crippen LogP contribution >= 0.6 is 0 Å². The molecule has 2 rings (SSSR count). The molecule has 0 saturated heterocycles. The van der Waals surface area contributed by atoms with Crippen molar-refractivity contribution in [3.63, 3.8) is 0 Å². The molecular formula is C18H23N3O3. The number of hydrogen-bond donors (Lipinski definition) is 0. The van der Waals surface area contributed by atoms with E-state index in [-0.39, 0.29) is 12.4 Å². The van der Waals surface area contributed by atoms with Gasteiger partial charge in [0.1, 0.15) is 5.75 Å². The van der Waals surface area contributed by atoms with Gasteiger partial charge in [0.2, 0.25) is 0 Å². The van der Waals surface area contributed by atoms with Gasteiger partial charge in [-0.25, -0.2) is 9.67 Å². The molecule has 0 aliphatic carbocycles. The smallest absolute Gasteiger partial charge is 0.311 e. The number of aromatic nitrogens is 2. The van der Waals surface area contributed by atoms with Gasteiger partial charge in [0.25, 0.3) is 0 Å². The predicted octanol–water partition coefficient (Wildman–Crippen LogP) is 3.29. The minimum atomic E-state index is -0.267. The largest absolute Gasteiger partial charge is 0.497 e. The summed E-state index contributed by atoms with van der Waals surface area (Å²) >= 11 is 0. The maximum Gasteiger partial charge on any atom is 0.311 e. The summed E-state index contributed by atoms with van der Waals surface area (Å²) in [5, 5.41) is 4.48. The van der Waals surface area contributed by atoms with Crippen LogP contribution in [0.4, 0.5) is 5.82 Å². The Hall–Kier alpha value is -2.63.